The first-order chi connectivity index (χ1) is 8.46. The van der Waals surface area contributed by atoms with E-state index in [0.29, 0.717) is 0 Å². The Morgan fingerprint density at radius 2 is 2.00 bits per heavy atom. The van der Waals surface area contributed by atoms with Crippen molar-refractivity contribution in [2.75, 3.05) is 6.54 Å². The van der Waals surface area contributed by atoms with E-state index in [4.69, 9.17) is 0 Å². The molecule has 1 nitrogen and oxygen atoms in total. The summed E-state index contributed by atoms with van der Waals surface area (Å²) in [6, 6.07) is 3.79. The third-order valence-electron chi connectivity index (χ3n) is 2.73. The van der Waals surface area contributed by atoms with E-state index < -0.39 is 12.6 Å². The summed E-state index contributed by atoms with van der Waals surface area (Å²) in [5.41, 5.74) is 0. The Morgan fingerprint density at radius 3 is 2.50 bits per heavy atom. The summed E-state index contributed by atoms with van der Waals surface area (Å²) < 4.78 is 36.9. The molecule has 104 valence electrons. The number of rotatable bonds is 7. The van der Waals surface area contributed by atoms with E-state index >= 15 is 0 Å². The molecule has 0 aliphatic heterocycles. The smallest absolute Gasteiger partial charge is 0.309 e. The molecule has 1 rings (SSSR count). The largest absolute Gasteiger partial charge is 0.389 e. The van der Waals surface area contributed by atoms with Crippen molar-refractivity contribution in [3.8, 4) is 0 Å². The zero-order valence-electron chi connectivity index (χ0n) is 10.8. The van der Waals surface area contributed by atoms with Crippen molar-refractivity contribution < 1.29 is 13.2 Å². The van der Waals surface area contributed by atoms with E-state index in [1.54, 1.807) is 11.3 Å². The Labute approximate surface area is 110 Å². The van der Waals surface area contributed by atoms with Gasteiger partial charge < -0.3 is 5.32 Å². The van der Waals surface area contributed by atoms with Crippen molar-refractivity contribution in [2.24, 2.45) is 0 Å². The van der Waals surface area contributed by atoms with Crippen molar-refractivity contribution in [1.29, 1.82) is 0 Å². The fraction of sp³-hybridized carbons (Fsp3) is 0.692. The molecule has 18 heavy (non-hydrogen) atoms. The van der Waals surface area contributed by atoms with Gasteiger partial charge >= 0.3 is 6.18 Å². The fourth-order valence-corrected chi connectivity index (χ4v) is 2.81. The molecule has 0 amide bonds. The van der Waals surface area contributed by atoms with Crippen LogP contribution in [-0.2, 0) is 6.42 Å². The van der Waals surface area contributed by atoms with Crippen LogP contribution in [0.5, 0.6) is 0 Å². The van der Waals surface area contributed by atoms with Gasteiger partial charge in [0.15, 0.2) is 0 Å². The molecular formula is C13H20F3NS. The molecule has 1 aromatic heterocycles. The van der Waals surface area contributed by atoms with Crippen LogP contribution in [0.4, 0.5) is 13.2 Å². The average molecular weight is 279 g/mol. The summed E-state index contributed by atoms with van der Waals surface area (Å²) in [5.74, 6) is 0. The van der Waals surface area contributed by atoms with Crippen LogP contribution in [0.3, 0.4) is 0 Å². The maximum absolute atomic E-state index is 12.3. The monoisotopic (exact) mass is 279 g/mol. The molecule has 0 aliphatic carbocycles. The molecule has 0 bridgehead atoms. The van der Waals surface area contributed by atoms with E-state index in [0.717, 1.165) is 24.3 Å². The number of nitrogens with one attached hydrogen (secondary N) is 1. The molecule has 0 saturated carbocycles. The van der Waals surface area contributed by atoms with Gasteiger partial charge in [0.25, 0.3) is 0 Å². The highest BCUT2D eigenvalue weighted by molar-refractivity contribution is 7.12. The number of aryl methyl sites for hydroxylation is 1. The van der Waals surface area contributed by atoms with Gasteiger partial charge in [-0.05, 0) is 37.9 Å². The highest BCUT2D eigenvalue weighted by Gasteiger charge is 2.28. The highest BCUT2D eigenvalue weighted by atomic mass is 32.1. The van der Waals surface area contributed by atoms with Crippen molar-refractivity contribution in [1.82, 2.24) is 5.32 Å². The van der Waals surface area contributed by atoms with Crippen molar-refractivity contribution in [3.05, 3.63) is 21.9 Å². The lowest BCUT2D eigenvalue weighted by Crippen LogP contribution is -2.23. The second-order valence-corrected chi connectivity index (χ2v) is 5.52. The molecule has 1 heterocycles. The molecule has 1 atom stereocenters. The minimum Gasteiger partial charge on any atom is -0.309 e. The maximum atomic E-state index is 12.3. The number of hydrogen-bond acceptors (Lipinski definition) is 2. The van der Waals surface area contributed by atoms with Gasteiger partial charge in [0, 0.05) is 22.2 Å². The van der Waals surface area contributed by atoms with Gasteiger partial charge in [-0.25, -0.2) is 0 Å². The van der Waals surface area contributed by atoms with Gasteiger partial charge in [-0.3, -0.25) is 0 Å². The Morgan fingerprint density at radius 1 is 1.28 bits per heavy atom. The lowest BCUT2D eigenvalue weighted by molar-refractivity contribution is -0.136. The number of alkyl halides is 3. The Bertz CT molecular complexity index is 346. The number of thiophene rings is 1. The van der Waals surface area contributed by atoms with E-state index in [1.165, 1.54) is 4.88 Å². The standard InChI is InChI=1S/C13H20F3NS/c1-3-9-17-11(7-8-13(14,15)16)12-6-5-10(4-2)18-12/h5-6,11,17H,3-4,7-9H2,1-2H3. The summed E-state index contributed by atoms with van der Waals surface area (Å²) in [5, 5.41) is 3.21. The number of hydrogen-bond donors (Lipinski definition) is 1. The average Bonchev–Trinajstić information content (AvgIpc) is 2.76. The second-order valence-electron chi connectivity index (χ2n) is 4.32. The lowest BCUT2D eigenvalue weighted by atomic mass is 10.1. The summed E-state index contributed by atoms with van der Waals surface area (Å²) >= 11 is 1.61. The minimum absolute atomic E-state index is 0.118. The summed E-state index contributed by atoms with van der Waals surface area (Å²) in [6.45, 7) is 4.82. The maximum Gasteiger partial charge on any atom is 0.389 e. The second kappa shape index (κ2) is 7.14. The SMILES string of the molecule is CCCNC(CCC(F)(F)F)c1ccc(CC)s1. The van der Waals surface area contributed by atoms with Gasteiger partial charge in [0.05, 0.1) is 0 Å². The molecule has 0 spiro atoms. The third kappa shape index (κ3) is 5.40. The normalized spacial score (nSPS) is 13.8. The fourth-order valence-electron chi connectivity index (χ4n) is 1.74. The predicted molar refractivity (Wildman–Crippen MR) is 70.0 cm³/mol. The molecule has 1 aromatic rings. The van der Waals surface area contributed by atoms with Crippen LogP contribution in [0.15, 0.2) is 12.1 Å². The molecule has 1 N–H and O–H groups in total. The topological polar surface area (TPSA) is 12.0 Å². The van der Waals surface area contributed by atoms with Crippen molar-refractivity contribution in [2.45, 2.75) is 51.7 Å². The van der Waals surface area contributed by atoms with Gasteiger partial charge in [0.2, 0.25) is 0 Å². The molecule has 1 unspecified atom stereocenters. The first-order valence-electron chi connectivity index (χ1n) is 6.35. The molecular weight excluding hydrogens is 259 g/mol. The molecule has 5 heteroatoms. The predicted octanol–water partition coefficient (Wildman–Crippen LogP) is 4.69. The first kappa shape index (κ1) is 15.5. The van der Waals surface area contributed by atoms with Gasteiger partial charge in [-0.1, -0.05) is 13.8 Å². The van der Waals surface area contributed by atoms with Crippen molar-refractivity contribution >= 4 is 11.3 Å². The van der Waals surface area contributed by atoms with Crippen LogP contribution < -0.4 is 5.32 Å². The van der Waals surface area contributed by atoms with Crippen LogP contribution in [-0.4, -0.2) is 12.7 Å². The highest BCUT2D eigenvalue weighted by Crippen LogP contribution is 2.31. The Kier molecular flexibility index (Phi) is 6.15. The molecule has 0 radical (unpaired) electrons. The van der Waals surface area contributed by atoms with Crippen LogP contribution in [0.25, 0.3) is 0 Å². The van der Waals surface area contributed by atoms with Gasteiger partial charge in [-0.2, -0.15) is 13.2 Å². The summed E-state index contributed by atoms with van der Waals surface area (Å²) in [6.07, 6.45) is -2.82. The molecule has 0 fully saturated rings. The van der Waals surface area contributed by atoms with Crippen molar-refractivity contribution in [3.63, 3.8) is 0 Å². The van der Waals surface area contributed by atoms with Gasteiger partial charge in [0.1, 0.15) is 0 Å². The van der Waals surface area contributed by atoms with Gasteiger partial charge in [-0.15, -0.1) is 11.3 Å². The van der Waals surface area contributed by atoms with E-state index in [9.17, 15) is 13.2 Å². The summed E-state index contributed by atoms with van der Waals surface area (Å²) in [7, 11) is 0. The van der Waals surface area contributed by atoms with Crippen LogP contribution >= 0.6 is 11.3 Å². The van der Waals surface area contributed by atoms with Crippen LogP contribution in [0.2, 0.25) is 0 Å². The van der Waals surface area contributed by atoms with Crippen LogP contribution in [0.1, 0.15) is 48.9 Å². The lowest BCUT2D eigenvalue weighted by Gasteiger charge is -2.18. The molecule has 0 saturated heterocycles. The molecule has 0 aromatic carbocycles. The van der Waals surface area contributed by atoms with E-state index in [2.05, 4.69) is 12.2 Å². The molecule has 0 aliphatic rings. The quantitative estimate of drug-likeness (QED) is 0.763. The summed E-state index contributed by atoms with van der Waals surface area (Å²) in [4.78, 5) is 2.24. The minimum atomic E-state index is -4.07. The van der Waals surface area contributed by atoms with E-state index in [-0.39, 0.29) is 12.5 Å². The Balaban J connectivity index is 2.64. The van der Waals surface area contributed by atoms with E-state index in [1.807, 2.05) is 19.1 Å². The zero-order chi connectivity index (χ0) is 13.6. The third-order valence-corrected chi connectivity index (χ3v) is 4.07. The first-order valence-corrected chi connectivity index (χ1v) is 7.16. The number of halogens is 3. The zero-order valence-corrected chi connectivity index (χ0v) is 11.6. The van der Waals surface area contributed by atoms with Crippen LogP contribution in [0, 0.1) is 0 Å². The Hall–Kier alpha value is -0.550.